The molecule has 0 fully saturated rings. The molecule has 2 aromatic carbocycles. The van der Waals surface area contributed by atoms with Crippen LogP contribution in [0.2, 0.25) is 0 Å². The second kappa shape index (κ2) is 4.77. The normalized spacial score (nSPS) is 16.9. The Morgan fingerprint density at radius 3 is 2.81 bits per heavy atom. The van der Waals surface area contributed by atoms with Crippen molar-refractivity contribution in [2.75, 3.05) is 11.1 Å². The molecule has 1 aromatic heterocycles. The van der Waals surface area contributed by atoms with Crippen molar-refractivity contribution in [1.82, 2.24) is 4.98 Å². The SMILES string of the molecule is Nc1cc2ccccc2nc1N[C@@H]1CCc2ccccc21. The van der Waals surface area contributed by atoms with E-state index in [9.17, 15) is 0 Å². The first-order valence-corrected chi connectivity index (χ1v) is 7.31. The number of fused-ring (bicyclic) bond motifs is 2. The molecule has 1 aliphatic carbocycles. The Morgan fingerprint density at radius 1 is 1.05 bits per heavy atom. The van der Waals surface area contributed by atoms with E-state index in [2.05, 4.69) is 34.6 Å². The number of rotatable bonds is 2. The molecule has 3 N–H and O–H groups in total. The van der Waals surface area contributed by atoms with E-state index in [4.69, 9.17) is 5.73 Å². The van der Waals surface area contributed by atoms with Crippen molar-refractivity contribution in [3.05, 3.63) is 65.7 Å². The number of nitrogens with zero attached hydrogens (tertiary/aromatic N) is 1. The van der Waals surface area contributed by atoms with E-state index in [-0.39, 0.29) is 0 Å². The molecule has 1 aliphatic rings. The van der Waals surface area contributed by atoms with Crippen LogP contribution in [0.15, 0.2) is 54.6 Å². The molecule has 0 amide bonds. The van der Waals surface area contributed by atoms with Gasteiger partial charge in [-0.05, 0) is 36.1 Å². The molecule has 21 heavy (non-hydrogen) atoms. The third kappa shape index (κ3) is 2.11. The molecule has 0 radical (unpaired) electrons. The highest BCUT2D eigenvalue weighted by molar-refractivity contribution is 5.85. The van der Waals surface area contributed by atoms with Crippen LogP contribution in [-0.4, -0.2) is 4.98 Å². The van der Waals surface area contributed by atoms with E-state index >= 15 is 0 Å². The summed E-state index contributed by atoms with van der Waals surface area (Å²) in [5, 5.41) is 4.60. The van der Waals surface area contributed by atoms with Gasteiger partial charge in [-0.2, -0.15) is 0 Å². The first-order valence-electron chi connectivity index (χ1n) is 7.31. The van der Waals surface area contributed by atoms with E-state index in [0.29, 0.717) is 11.7 Å². The van der Waals surface area contributed by atoms with Gasteiger partial charge in [0.05, 0.1) is 17.2 Å². The molecule has 104 valence electrons. The number of pyridine rings is 1. The summed E-state index contributed by atoms with van der Waals surface area (Å²) >= 11 is 0. The standard InChI is InChI=1S/C18H17N3/c19-15-11-13-6-2-4-8-16(13)20-18(15)21-17-10-9-12-5-1-3-7-14(12)17/h1-8,11,17H,9-10,19H2,(H,20,21)/t17-/m1/s1. The van der Waals surface area contributed by atoms with Crippen molar-refractivity contribution in [2.24, 2.45) is 0 Å². The average molecular weight is 275 g/mol. The smallest absolute Gasteiger partial charge is 0.150 e. The summed E-state index contributed by atoms with van der Waals surface area (Å²) < 4.78 is 0. The molecule has 3 nitrogen and oxygen atoms in total. The largest absolute Gasteiger partial charge is 0.396 e. The molecule has 0 aliphatic heterocycles. The summed E-state index contributed by atoms with van der Waals surface area (Å²) in [7, 11) is 0. The summed E-state index contributed by atoms with van der Waals surface area (Å²) in [6.07, 6.45) is 2.20. The Hall–Kier alpha value is -2.55. The lowest BCUT2D eigenvalue weighted by Gasteiger charge is -2.16. The van der Waals surface area contributed by atoms with Gasteiger partial charge in [0.2, 0.25) is 0 Å². The molecular weight excluding hydrogens is 258 g/mol. The van der Waals surface area contributed by atoms with Gasteiger partial charge in [-0.25, -0.2) is 4.98 Å². The number of nitrogens with two attached hydrogens (primary N) is 1. The van der Waals surface area contributed by atoms with Crippen LogP contribution in [0.1, 0.15) is 23.6 Å². The van der Waals surface area contributed by atoms with E-state index in [1.807, 2.05) is 30.3 Å². The molecule has 0 unspecified atom stereocenters. The maximum Gasteiger partial charge on any atom is 0.150 e. The minimum Gasteiger partial charge on any atom is -0.396 e. The fraction of sp³-hybridized carbons (Fsp3) is 0.167. The fourth-order valence-electron chi connectivity index (χ4n) is 3.12. The third-order valence-corrected chi connectivity index (χ3v) is 4.20. The molecule has 3 heteroatoms. The third-order valence-electron chi connectivity index (χ3n) is 4.20. The number of nitrogen functional groups attached to an aromatic ring is 1. The molecule has 3 aromatic rings. The van der Waals surface area contributed by atoms with Crippen LogP contribution in [0, 0.1) is 0 Å². The lowest BCUT2D eigenvalue weighted by Crippen LogP contribution is -2.10. The molecule has 0 spiro atoms. The number of para-hydroxylation sites is 1. The highest BCUT2D eigenvalue weighted by Crippen LogP contribution is 2.35. The van der Waals surface area contributed by atoms with Gasteiger partial charge in [-0.3, -0.25) is 0 Å². The van der Waals surface area contributed by atoms with Gasteiger partial charge in [-0.1, -0.05) is 42.5 Å². The summed E-state index contributed by atoms with van der Waals surface area (Å²) in [5.74, 6) is 0.787. The van der Waals surface area contributed by atoms with Gasteiger partial charge >= 0.3 is 0 Å². The zero-order valence-electron chi connectivity index (χ0n) is 11.7. The predicted molar refractivity (Wildman–Crippen MR) is 87.3 cm³/mol. The molecule has 1 heterocycles. The Balaban J connectivity index is 1.70. The van der Waals surface area contributed by atoms with Crippen LogP contribution < -0.4 is 11.1 Å². The molecule has 0 saturated carbocycles. The number of aromatic nitrogens is 1. The molecule has 4 rings (SSSR count). The van der Waals surface area contributed by atoms with Crippen LogP contribution in [0.25, 0.3) is 10.9 Å². The van der Waals surface area contributed by atoms with Crippen LogP contribution in [0.5, 0.6) is 0 Å². The van der Waals surface area contributed by atoms with Crippen LogP contribution in [0.3, 0.4) is 0 Å². The quantitative estimate of drug-likeness (QED) is 0.745. The molecule has 1 atom stereocenters. The van der Waals surface area contributed by atoms with Crippen molar-refractivity contribution in [2.45, 2.75) is 18.9 Å². The Kier molecular flexibility index (Phi) is 2.78. The topological polar surface area (TPSA) is 50.9 Å². The second-order valence-electron chi connectivity index (χ2n) is 5.55. The summed E-state index contributed by atoms with van der Waals surface area (Å²) in [6.45, 7) is 0. The average Bonchev–Trinajstić information content (AvgIpc) is 2.91. The van der Waals surface area contributed by atoms with E-state index < -0.39 is 0 Å². The summed E-state index contributed by atoms with van der Waals surface area (Å²) in [6, 6.07) is 18.9. The van der Waals surface area contributed by atoms with Crippen LogP contribution in [0.4, 0.5) is 11.5 Å². The van der Waals surface area contributed by atoms with Crippen molar-refractivity contribution in [3.8, 4) is 0 Å². The zero-order valence-corrected chi connectivity index (χ0v) is 11.7. The predicted octanol–water partition coefficient (Wildman–Crippen LogP) is 3.92. The minimum absolute atomic E-state index is 0.303. The highest BCUT2D eigenvalue weighted by atomic mass is 15.0. The van der Waals surface area contributed by atoms with Crippen molar-refractivity contribution < 1.29 is 0 Å². The van der Waals surface area contributed by atoms with Crippen LogP contribution >= 0.6 is 0 Å². The van der Waals surface area contributed by atoms with Crippen molar-refractivity contribution >= 4 is 22.4 Å². The van der Waals surface area contributed by atoms with Gasteiger partial charge in [0, 0.05) is 5.39 Å². The van der Waals surface area contributed by atoms with Crippen LogP contribution in [-0.2, 0) is 6.42 Å². The zero-order chi connectivity index (χ0) is 14.2. The van der Waals surface area contributed by atoms with Gasteiger partial charge in [0.25, 0.3) is 0 Å². The molecule has 0 bridgehead atoms. The van der Waals surface area contributed by atoms with Gasteiger partial charge in [0.15, 0.2) is 0 Å². The van der Waals surface area contributed by atoms with E-state index in [1.165, 1.54) is 11.1 Å². The van der Waals surface area contributed by atoms with Crippen molar-refractivity contribution in [1.29, 1.82) is 0 Å². The summed E-state index contributed by atoms with van der Waals surface area (Å²) in [4.78, 5) is 4.68. The molecule has 0 saturated heterocycles. The number of benzene rings is 2. The van der Waals surface area contributed by atoms with Gasteiger partial charge < -0.3 is 11.1 Å². The Labute approximate surface area is 123 Å². The van der Waals surface area contributed by atoms with Crippen molar-refractivity contribution in [3.63, 3.8) is 0 Å². The number of aryl methyl sites for hydroxylation is 1. The lowest BCUT2D eigenvalue weighted by molar-refractivity contribution is 0.758. The van der Waals surface area contributed by atoms with Gasteiger partial charge in [-0.15, -0.1) is 0 Å². The van der Waals surface area contributed by atoms with E-state index in [0.717, 1.165) is 29.6 Å². The second-order valence-corrected chi connectivity index (χ2v) is 5.55. The maximum absolute atomic E-state index is 6.16. The Bertz CT molecular complexity index is 810. The first kappa shape index (κ1) is 12.2. The first-order chi connectivity index (χ1) is 10.3. The number of hydrogen-bond donors (Lipinski definition) is 2. The number of hydrogen-bond acceptors (Lipinski definition) is 3. The minimum atomic E-state index is 0.303. The molecular formula is C18H17N3. The fourth-order valence-corrected chi connectivity index (χ4v) is 3.12. The Morgan fingerprint density at radius 2 is 1.86 bits per heavy atom. The number of nitrogens with one attached hydrogen (secondary N) is 1. The number of anilines is 2. The van der Waals surface area contributed by atoms with Gasteiger partial charge in [0.1, 0.15) is 5.82 Å². The van der Waals surface area contributed by atoms with E-state index in [1.54, 1.807) is 0 Å². The highest BCUT2D eigenvalue weighted by Gasteiger charge is 2.22. The maximum atomic E-state index is 6.16. The summed E-state index contributed by atoms with van der Waals surface area (Å²) in [5.41, 5.74) is 10.6. The monoisotopic (exact) mass is 275 g/mol. The lowest BCUT2D eigenvalue weighted by atomic mass is 10.1.